The maximum atomic E-state index is 11.6. The van der Waals surface area contributed by atoms with Gasteiger partial charge in [-0.05, 0) is 47.2 Å². The SMILES string of the molecule is C[C@@]1([C@@H](O)c2ccc(I)cc2)NC(=O)NC1=O. The number of imide groups is 1. The number of urea groups is 1. The number of aliphatic hydroxyl groups is 1. The number of nitrogens with one attached hydrogen (secondary N) is 2. The van der Waals surface area contributed by atoms with Crippen LogP contribution >= 0.6 is 22.6 Å². The van der Waals surface area contributed by atoms with Gasteiger partial charge in [0.1, 0.15) is 11.6 Å². The normalized spacial score (nSPS) is 25.4. The first-order valence-corrected chi connectivity index (χ1v) is 6.08. The molecule has 1 aromatic carbocycles. The Kier molecular flexibility index (Phi) is 3.09. The van der Waals surface area contributed by atoms with Gasteiger partial charge in [0.15, 0.2) is 0 Å². The fraction of sp³-hybridized carbons (Fsp3) is 0.273. The van der Waals surface area contributed by atoms with Gasteiger partial charge in [0.05, 0.1) is 0 Å². The molecule has 5 nitrogen and oxygen atoms in total. The van der Waals surface area contributed by atoms with Crippen LogP contribution in [0.15, 0.2) is 24.3 Å². The second-order valence-electron chi connectivity index (χ2n) is 4.06. The number of carbonyl (C=O) groups is 2. The van der Waals surface area contributed by atoms with E-state index in [1.807, 2.05) is 12.1 Å². The van der Waals surface area contributed by atoms with Crippen LogP contribution in [0.2, 0.25) is 0 Å². The third-order valence-corrected chi connectivity index (χ3v) is 3.52. The number of halogens is 1. The summed E-state index contributed by atoms with van der Waals surface area (Å²) in [5, 5.41) is 14.7. The van der Waals surface area contributed by atoms with Crippen molar-refractivity contribution in [3.05, 3.63) is 33.4 Å². The molecule has 0 aromatic heterocycles. The second kappa shape index (κ2) is 4.26. The van der Waals surface area contributed by atoms with Crippen LogP contribution in [-0.2, 0) is 4.79 Å². The largest absolute Gasteiger partial charge is 0.385 e. The lowest BCUT2D eigenvalue weighted by molar-refractivity contribution is -0.127. The maximum Gasteiger partial charge on any atom is 0.322 e. The average molecular weight is 346 g/mol. The molecule has 1 aliphatic rings. The summed E-state index contributed by atoms with van der Waals surface area (Å²) < 4.78 is 1.03. The van der Waals surface area contributed by atoms with E-state index in [4.69, 9.17) is 0 Å². The zero-order valence-electron chi connectivity index (χ0n) is 9.03. The Hall–Kier alpha value is -1.15. The van der Waals surface area contributed by atoms with Crippen LogP contribution < -0.4 is 10.6 Å². The highest BCUT2D eigenvalue weighted by atomic mass is 127. The number of benzene rings is 1. The minimum absolute atomic E-state index is 0.520. The van der Waals surface area contributed by atoms with E-state index in [2.05, 4.69) is 33.2 Å². The van der Waals surface area contributed by atoms with Crippen molar-refractivity contribution in [2.24, 2.45) is 0 Å². The van der Waals surface area contributed by atoms with Crippen molar-refractivity contribution in [2.45, 2.75) is 18.6 Å². The third-order valence-electron chi connectivity index (χ3n) is 2.80. The molecule has 0 spiro atoms. The van der Waals surface area contributed by atoms with Gasteiger partial charge in [-0.1, -0.05) is 12.1 Å². The minimum atomic E-state index is -1.32. The van der Waals surface area contributed by atoms with Crippen LogP contribution in [-0.4, -0.2) is 22.6 Å². The Morgan fingerprint density at radius 1 is 1.29 bits per heavy atom. The van der Waals surface area contributed by atoms with Crippen molar-refractivity contribution in [1.29, 1.82) is 0 Å². The van der Waals surface area contributed by atoms with E-state index in [1.165, 1.54) is 6.92 Å². The molecule has 3 N–H and O–H groups in total. The molecule has 1 heterocycles. The third kappa shape index (κ3) is 2.14. The predicted octanol–water partition coefficient (Wildman–Crippen LogP) is 0.923. The van der Waals surface area contributed by atoms with Crippen molar-refractivity contribution < 1.29 is 14.7 Å². The van der Waals surface area contributed by atoms with E-state index in [0.717, 1.165) is 3.57 Å². The molecule has 0 radical (unpaired) electrons. The summed E-state index contributed by atoms with van der Waals surface area (Å²) >= 11 is 2.15. The molecule has 0 aliphatic carbocycles. The van der Waals surface area contributed by atoms with Gasteiger partial charge < -0.3 is 10.4 Å². The summed E-state index contributed by atoms with van der Waals surface area (Å²) in [7, 11) is 0. The van der Waals surface area contributed by atoms with Crippen LogP contribution in [0.25, 0.3) is 0 Å². The van der Waals surface area contributed by atoms with Crippen molar-refractivity contribution in [3.63, 3.8) is 0 Å². The van der Waals surface area contributed by atoms with Crippen molar-refractivity contribution >= 4 is 34.5 Å². The van der Waals surface area contributed by atoms with E-state index in [0.29, 0.717) is 5.56 Å². The molecule has 3 amide bonds. The molecule has 0 saturated carbocycles. The molecule has 1 saturated heterocycles. The Balaban J connectivity index is 2.31. The highest BCUT2D eigenvalue weighted by molar-refractivity contribution is 14.1. The topological polar surface area (TPSA) is 78.4 Å². The first kappa shape index (κ1) is 12.3. The fourth-order valence-corrected chi connectivity index (χ4v) is 2.09. The van der Waals surface area contributed by atoms with Crippen molar-refractivity contribution in [2.75, 3.05) is 0 Å². The van der Waals surface area contributed by atoms with Gasteiger partial charge in [-0.2, -0.15) is 0 Å². The Labute approximate surface area is 112 Å². The highest BCUT2D eigenvalue weighted by Crippen LogP contribution is 2.28. The molecule has 2 atom stereocenters. The molecule has 17 heavy (non-hydrogen) atoms. The number of aliphatic hydroxyl groups excluding tert-OH is 1. The van der Waals surface area contributed by atoms with Crippen molar-refractivity contribution in [3.8, 4) is 0 Å². The number of hydrogen-bond acceptors (Lipinski definition) is 3. The first-order valence-electron chi connectivity index (χ1n) is 5.00. The molecular formula is C11H11IN2O3. The summed E-state index contributed by atoms with van der Waals surface area (Å²) in [6, 6.07) is 6.54. The molecule has 0 bridgehead atoms. The van der Waals surface area contributed by atoms with Crippen LogP contribution in [0.3, 0.4) is 0 Å². The standard InChI is InChI=1S/C11H11IN2O3/c1-11(9(16)13-10(17)14-11)8(15)6-2-4-7(12)5-3-6/h2-5,8,15H,1H3,(H2,13,14,16,17)/t8-,11-/m0/s1. The lowest BCUT2D eigenvalue weighted by atomic mass is 9.89. The molecule has 2 rings (SSSR count). The number of hydrogen-bond donors (Lipinski definition) is 3. The van der Waals surface area contributed by atoms with Crippen molar-refractivity contribution in [1.82, 2.24) is 10.6 Å². The van der Waals surface area contributed by atoms with Gasteiger partial charge >= 0.3 is 6.03 Å². The molecule has 1 aromatic rings. The summed E-state index contributed by atoms with van der Waals surface area (Å²) in [6.45, 7) is 1.50. The molecule has 0 unspecified atom stereocenters. The van der Waals surface area contributed by atoms with E-state index >= 15 is 0 Å². The summed E-state index contributed by atoms with van der Waals surface area (Å²) in [4.78, 5) is 22.7. The van der Waals surface area contributed by atoms with Gasteiger partial charge in [-0.15, -0.1) is 0 Å². The highest BCUT2D eigenvalue weighted by Gasteiger charge is 2.48. The number of amides is 3. The second-order valence-corrected chi connectivity index (χ2v) is 5.31. The Morgan fingerprint density at radius 2 is 1.88 bits per heavy atom. The number of rotatable bonds is 2. The molecule has 90 valence electrons. The van der Waals surface area contributed by atoms with Gasteiger partial charge in [0.25, 0.3) is 5.91 Å². The van der Waals surface area contributed by atoms with Crippen LogP contribution in [0.1, 0.15) is 18.6 Å². The van der Waals surface area contributed by atoms with Gasteiger partial charge in [-0.25, -0.2) is 4.79 Å². The van der Waals surface area contributed by atoms with E-state index in [-0.39, 0.29) is 0 Å². The van der Waals surface area contributed by atoms with Gasteiger partial charge in [0.2, 0.25) is 0 Å². The first-order chi connectivity index (χ1) is 7.93. The van der Waals surface area contributed by atoms with Gasteiger partial charge in [-0.3, -0.25) is 10.1 Å². The summed E-state index contributed by atoms with van der Waals surface area (Å²) in [5.41, 5.74) is -0.727. The predicted molar refractivity (Wildman–Crippen MR) is 69.2 cm³/mol. The quantitative estimate of drug-likeness (QED) is 0.551. The summed E-state index contributed by atoms with van der Waals surface area (Å²) in [5.74, 6) is -0.520. The average Bonchev–Trinajstić information content (AvgIpc) is 2.54. The van der Waals surface area contributed by atoms with Crippen LogP contribution in [0.5, 0.6) is 0 Å². The minimum Gasteiger partial charge on any atom is -0.385 e. The molecular weight excluding hydrogens is 335 g/mol. The van der Waals surface area contributed by atoms with E-state index in [1.54, 1.807) is 12.1 Å². The molecule has 1 aliphatic heterocycles. The van der Waals surface area contributed by atoms with E-state index in [9.17, 15) is 14.7 Å². The van der Waals surface area contributed by atoms with Crippen LogP contribution in [0.4, 0.5) is 4.79 Å². The zero-order valence-corrected chi connectivity index (χ0v) is 11.2. The Bertz CT molecular complexity index is 474. The zero-order chi connectivity index (χ0) is 12.6. The lowest BCUT2D eigenvalue weighted by Gasteiger charge is -2.27. The lowest BCUT2D eigenvalue weighted by Crippen LogP contribution is -2.49. The molecule has 1 fully saturated rings. The fourth-order valence-electron chi connectivity index (χ4n) is 1.73. The maximum absolute atomic E-state index is 11.6. The van der Waals surface area contributed by atoms with E-state index < -0.39 is 23.6 Å². The van der Waals surface area contributed by atoms with Crippen LogP contribution in [0, 0.1) is 3.57 Å². The van der Waals surface area contributed by atoms with Gasteiger partial charge in [0, 0.05) is 3.57 Å². The Morgan fingerprint density at radius 3 is 2.35 bits per heavy atom. The molecule has 6 heteroatoms. The monoisotopic (exact) mass is 346 g/mol. The summed E-state index contributed by atoms with van der Waals surface area (Å²) in [6.07, 6.45) is -1.08. The number of carbonyl (C=O) groups excluding carboxylic acids is 2. The smallest absolute Gasteiger partial charge is 0.322 e.